The molecule has 1 amide bonds. The summed E-state index contributed by atoms with van der Waals surface area (Å²) in [7, 11) is 3.18. The second-order valence-corrected chi connectivity index (χ2v) is 6.99. The minimum Gasteiger partial charge on any atom is -0.493 e. The lowest BCUT2D eigenvalue weighted by Gasteiger charge is -2.09. The molecule has 2 aromatic rings. The fourth-order valence-corrected chi connectivity index (χ4v) is 3.63. The lowest BCUT2D eigenvalue weighted by molar-refractivity contribution is -0.116. The summed E-state index contributed by atoms with van der Waals surface area (Å²) in [6.45, 7) is 9.12. The topological polar surface area (TPSA) is 78.8 Å². The number of hydrogen-bond acceptors (Lipinski definition) is 5. The molecule has 0 fully saturated rings. The number of ether oxygens (including phenoxy) is 3. The number of carbonyl (C=O) groups excluding carboxylic acids is 2. The van der Waals surface area contributed by atoms with Gasteiger partial charge in [0.05, 0.1) is 26.4 Å². The Kier molecular flexibility index (Phi) is 8.73. The number of nitrogens with one attached hydrogen (secondary N) is 1. The smallest absolute Gasteiger partial charge is 0.340 e. The largest absolute Gasteiger partial charge is 0.493 e. The molecular formula is C24H32N2O5. The summed E-state index contributed by atoms with van der Waals surface area (Å²) in [6.07, 6.45) is 3.80. The molecule has 1 N–H and O–H groups in total. The third kappa shape index (κ3) is 5.69. The van der Waals surface area contributed by atoms with Crippen molar-refractivity contribution in [2.24, 2.45) is 0 Å². The second kappa shape index (κ2) is 11.2. The highest BCUT2D eigenvalue weighted by Crippen LogP contribution is 2.27. The van der Waals surface area contributed by atoms with Crippen molar-refractivity contribution >= 4 is 18.0 Å². The molecule has 0 aliphatic heterocycles. The van der Waals surface area contributed by atoms with Crippen LogP contribution in [0.2, 0.25) is 0 Å². The van der Waals surface area contributed by atoms with Gasteiger partial charge in [0.2, 0.25) is 5.91 Å². The van der Waals surface area contributed by atoms with Crippen LogP contribution in [-0.4, -0.2) is 43.8 Å². The number of nitrogens with zero attached hydrogens (tertiary/aromatic N) is 1. The molecule has 1 heterocycles. The molecule has 0 unspecified atom stereocenters. The van der Waals surface area contributed by atoms with Gasteiger partial charge in [0.15, 0.2) is 11.5 Å². The number of esters is 1. The molecule has 31 heavy (non-hydrogen) atoms. The molecule has 1 aromatic heterocycles. The zero-order valence-electron chi connectivity index (χ0n) is 19.2. The van der Waals surface area contributed by atoms with E-state index >= 15 is 0 Å². The van der Waals surface area contributed by atoms with Crippen molar-refractivity contribution < 1.29 is 23.8 Å². The van der Waals surface area contributed by atoms with Crippen LogP contribution in [0.15, 0.2) is 24.3 Å². The van der Waals surface area contributed by atoms with Crippen molar-refractivity contribution in [3.05, 3.63) is 52.4 Å². The zero-order chi connectivity index (χ0) is 23.0. The van der Waals surface area contributed by atoms with Crippen LogP contribution in [0.1, 0.15) is 46.7 Å². The van der Waals surface area contributed by atoms with E-state index in [1.807, 2.05) is 43.5 Å². The van der Waals surface area contributed by atoms with Crippen LogP contribution in [0.5, 0.6) is 11.5 Å². The van der Waals surface area contributed by atoms with Crippen LogP contribution in [0.4, 0.5) is 0 Å². The van der Waals surface area contributed by atoms with Gasteiger partial charge < -0.3 is 24.1 Å². The molecule has 0 aliphatic carbocycles. The summed E-state index contributed by atoms with van der Waals surface area (Å²) >= 11 is 0. The second-order valence-electron chi connectivity index (χ2n) is 6.99. The summed E-state index contributed by atoms with van der Waals surface area (Å²) in [5.41, 5.74) is 4.02. The Morgan fingerprint density at radius 2 is 1.77 bits per heavy atom. The number of amides is 1. The molecular weight excluding hydrogens is 396 g/mol. The van der Waals surface area contributed by atoms with E-state index in [9.17, 15) is 9.59 Å². The van der Waals surface area contributed by atoms with Crippen LogP contribution in [0.3, 0.4) is 0 Å². The molecule has 0 spiro atoms. The Morgan fingerprint density at radius 3 is 2.39 bits per heavy atom. The van der Waals surface area contributed by atoms with E-state index < -0.39 is 0 Å². The highest BCUT2D eigenvalue weighted by molar-refractivity contribution is 5.98. The van der Waals surface area contributed by atoms with Crippen LogP contribution < -0.4 is 14.8 Å². The first kappa shape index (κ1) is 24.1. The number of aromatic nitrogens is 1. The Labute approximate surface area is 184 Å². The van der Waals surface area contributed by atoms with Gasteiger partial charge >= 0.3 is 5.97 Å². The van der Waals surface area contributed by atoms with Crippen molar-refractivity contribution in [3.63, 3.8) is 0 Å². The van der Waals surface area contributed by atoms with Crippen molar-refractivity contribution in [1.82, 2.24) is 9.88 Å². The molecule has 7 nitrogen and oxygen atoms in total. The predicted octanol–water partition coefficient (Wildman–Crippen LogP) is 3.69. The molecule has 0 saturated heterocycles. The van der Waals surface area contributed by atoms with Gasteiger partial charge in [-0.05, 0) is 57.9 Å². The Morgan fingerprint density at radius 1 is 1.06 bits per heavy atom. The average molecular weight is 429 g/mol. The molecule has 0 bridgehead atoms. The minimum atomic E-state index is -0.371. The number of hydrogen-bond donors (Lipinski definition) is 1. The molecule has 0 aliphatic rings. The van der Waals surface area contributed by atoms with Crippen molar-refractivity contribution in [3.8, 4) is 11.5 Å². The summed E-state index contributed by atoms with van der Waals surface area (Å²) < 4.78 is 17.8. The first-order chi connectivity index (χ1) is 14.9. The molecule has 0 saturated carbocycles. The van der Waals surface area contributed by atoms with E-state index in [1.54, 1.807) is 27.2 Å². The van der Waals surface area contributed by atoms with Gasteiger partial charge in [-0.2, -0.15) is 0 Å². The lowest BCUT2D eigenvalue weighted by atomic mass is 10.1. The van der Waals surface area contributed by atoms with Gasteiger partial charge in [0.25, 0.3) is 0 Å². The van der Waals surface area contributed by atoms with Gasteiger partial charge in [0.1, 0.15) is 0 Å². The maximum absolute atomic E-state index is 12.5. The van der Waals surface area contributed by atoms with E-state index in [2.05, 4.69) is 5.32 Å². The maximum Gasteiger partial charge on any atom is 0.340 e. The van der Waals surface area contributed by atoms with Crippen molar-refractivity contribution in [2.75, 3.05) is 27.4 Å². The van der Waals surface area contributed by atoms with E-state index in [0.29, 0.717) is 42.2 Å². The fraction of sp³-hybridized carbons (Fsp3) is 0.417. The standard InChI is InChI=1S/C24H32N2O5/c1-7-26-16(3)19(23(17(26)4)24(28)31-8-2)10-12-22(27)25-14-13-18-9-11-20(29-5)21(15-18)30-6/h9-12,15H,7-8,13-14H2,1-6H3,(H,25,27)/b12-10+. The van der Waals surface area contributed by atoms with E-state index in [-0.39, 0.29) is 11.9 Å². The van der Waals surface area contributed by atoms with Crippen LogP contribution in [0.25, 0.3) is 6.08 Å². The van der Waals surface area contributed by atoms with Crippen LogP contribution in [0, 0.1) is 13.8 Å². The normalized spacial score (nSPS) is 10.9. The fourth-order valence-electron chi connectivity index (χ4n) is 3.63. The SMILES string of the molecule is CCOC(=O)c1c(/C=C/C(=O)NCCc2ccc(OC)c(OC)c2)c(C)n(CC)c1C. The Bertz CT molecular complexity index is 959. The third-order valence-electron chi connectivity index (χ3n) is 5.19. The zero-order valence-corrected chi connectivity index (χ0v) is 19.2. The third-order valence-corrected chi connectivity index (χ3v) is 5.19. The van der Waals surface area contributed by atoms with Gasteiger partial charge in [-0.15, -0.1) is 0 Å². The van der Waals surface area contributed by atoms with Gasteiger partial charge in [-0.25, -0.2) is 4.79 Å². The van der Waals surface area contributed by atoms with E-state index in [0.717, 1.165) is 23.5 Å². The molecule has 1 aromatic carbocycles. The molecule has 168 valence electrons. The summed E-state index contributed by atoms with van der Waals surface area (Å²) in [6, 6.07) is 5.68. The monoisotopic (exact) mass is 428 g/mol. The molecule has 0 radical (unpaired) electrons. The summed E-state index contributed by atoms with van der Waals surface area (Å²) in [4.78, 5) is 24.8. The Hall–Kier alpha value is -3.22. The van der Waals surface area contributed by atoms with Crippen molar-refractivity contribution in [2.45, 2.75) is 40.7 Å². The highest BCUT2D eigenvalue weighted by atomic mass is 16.5. The molecule has 7 heteroatoms. The summed E-state index contributed by atoms with van der Waals surface area (Å²) in [5, 5.41) is 2.88. The lowest BCUT2D eigenvalue weighted by Crippen LogP contribution is -2.23. The van der Waals surface area contributed by atoms with Gasteiger partial charge in [0, 0.05) is 36.1 Å². The van der Waals surface area contributed by atoms with Crippen LogP contribution >= 0.6 is 0 Å². The van der Waals surface area contributed by atoms with E-state index in [1.165, 1.54) is 6.08 Å². The van der Waals surface area contributed by atoms with Gasteiger partial charge in [-0.1, -0.05) is 6.07 Å². The molecule has 0 atom stereocenters. The number of rotatable bonds is 10. The van der Waals surface area contributed by atoms with Gasteiger partial charge in [-0.3, -0.25) is 4.79 Å². The number of methoxy groups -OCH3 is 2. The van der Waals surface area contributed by atoms with Crippen LogP contribution in [-0.2, 0) is 22.5 Å². The predicted molar refractivity (Wildman–Crippen MR) is 121 cm³/mol. The first-order valence-corrected chi connectivity index (χ1v) is 10.4. The van der Waals surface area contributed by atoms with Crippen molar-refractivity contribution in [1.29, 1.82) is 0 Å². The number of carbonyl (C=O) groups is 2. The maximum atomic E-state index is 12.5. The number of benzene rings is 1. The quantitative estimate of drug-likeness (QED) is 0.461. The molecule has 2 rings (SSSR count). The summed E-state index contributed by atoms with van der Waals surface area (Å²) in [5.74, 6) is 0.727. The van der Waals surface area contributed by atoms with E-state index in [4.69, 9.17) is 14.2 Å². The first-order valence-electron chi connectivity index (χ1n) is 10.4. The minimum absolute atomic E-state index is 0.225. The average Bonchev–Trinajstić information content (AvgIpc) is 3.00. The Balaban J connectivity index is 2.07. The highest BCUT2D eigenvalue weighted by Gasteiger charge is 2.22.